The minimum atomic E-state index is -0.412. The second-order valence-electron chi connectivity index (χ2n) is 1.22. The molecule has 1 heterocycles. The highest BCUT2D eigenvalue weighted by atomic mass is 35.7. The molecule has 0 saturated heterocycles. The van der Waals surface area contributed by atoms with E-state index in [4.69, 9.17) is 11.2 Å². The minimum Gasteiger partial charge on any atom is -0.0547 e. The van der Waals surface area contributed by atoms with Crippen LogP contribution in [0.1, 0.15) is 0 Å². The highest BCUT2D eigenvalue weighted by Crippen LogP contribution is 2.29. The molecule has 0 spiro atoms. The summed E-state index contributed by atoms with van der Waals surface area (Å²) in [5, 5.41) is 0. The lowest BCUT2D eigenvalue weighted by molar-refractivity contribution is 1.88. The van der Waals surface area contributed by atoms with E-state index >= 15 is 0 Å². The van der Waals surface area contributed by atoms with Crippen LogP contribution in [-0.4, -0.2) is 0 Å². The van der Waals surface area contributed by atoms with Crippen molar-refractivity contribution in [2.75, 3.05) is 0 Å². The first-order valence-electron chi connectivity index (χ1n) is 2.02. The van der Waals surface area contributed by atoms with Gasteiger partial charge in [-0.3, -0.25) is 0 Å². The first-order chi connectivity index (χ1) is 3.39. The Balaban J connectivity index is 3.02. The quantitative estimate of drug-likeness (QED) is 0.508. The molecule has 0 aliphatic heterocycles. The molecule has 0 N–H and O–H groups in total. The van der Waals surface area contributed by atoms with Crippen LogP contribution >= 0.6 is 18.1 Å². The van der Waals surface area contributed by atoms with Gasteiger partial charge in [-0.05, 0) is 12.1 Å². The molecular formula is C5H5ClP+. The maximum Gasteiger partial charge on any atom is 0.239 e. The van der Waals surface area contributed by atoms with Gasteiger partial charge in [0.2, 0.25) is 6.89 Å². The molecule has 1 rings (SSSR count). The predicted octanol–water partition coefficient (Wildman–Crippen LogP) is 2.96. The summed E-state index contributed by atoms with van der Waals surface area (Å²) >= 11 is 5.69. The van der Waals surface area contributed by atoms with Crippen LogP contribution in [0.3, 0.4) is 0 Å². The predicted molar refractivity (Wildman–Crippen MR) is 34.8 cm³/mol. The molecule has 0 atom stereocenters. The Morgan fingerprint density at radius 1 is 1.00 bits per heavy atom. The van der Waals surface area contributed by atoms with E-state index < -0.39 is 6.89 Å². The van der Waals surface area contributed by atoms with Crippen LogP contribution in [0.4, 0.5) is 0 Å². The van der Waals surface area contributed by atoms with E-state index in [1.54, 1.807) is 0 Å². The Morgan fingerprint density at radius 2 is 1.57 bits per heavy atom. The smallest absolute Gasteiger partial charge is 0.0547 e. The normalized spacial score (nSPS) is 8.71. The summed E-state index contributed by atoms with van der Waals surface area (Å²) in [6.07, 6.45) is 0. The number of hydrogen-bond donors (Lipinski definition) is 0. The first-order valence-corrected chi connectivity index (χ1v) is 4.40. The Kier molecular flexibility index (Phi) is 1.67. The van der Waals surface area contributed by atoms with E-state index in [2.05, 4.69) is 0 Å². The third kappa shape index (κ3) is 1.46. The first kappa shape index (κ1) is 5.08. The molecular weight excluding hydrogens is 126 g/mol. The summed E-state index contributed by atoms with van der Waals surface area (Å²) in [7, 11) is 0. The Hall–Kier alpha value is -0.0600. The second-order valence-corrected chi connectivity index (χ2v) is 3.68. The Morgan fingerprint density at radius 3 is 1.86 bits per heavy atom. The minimum absolute atomic E-state index is 0.412. The van der Waals surface area contributed by atoms with Gasteiger partial charge in [-0.1, -0.05) is 6.07 Å². The lowest BCUT2D eigenvalue weighted by Gasteiger charge is -1.66. The summed E-state index contributed by atoms with van der Waals surface area (Å²) < 4.78 is 0. The van der Waals surface area contributed by atoms with Crippen molar-refractivity contribution in [1.29, 1.82) is 0 Å². The largest absolute Gasteiger partial charge is 0.239 e. The number of rotatable bonds is 0. The van der Waals surface area contributed by atoms with E-state index in [0.717, 1.165) is 0 Å². The topological polar surface area (TPSA) is 0 Å². The fraction of sp³-hybridized carbons (Fsp3) is 0. The van der Waals surface area contributed by atoms with Crippen molar-refractivity contribution in [3.63, 3.8) is 0 Å². The fourth-order valence-corrected chi connectivity index (χ4v) is 1.40. The molecule has 0 fully saturated rings. The fourth-order valence-electron chi connectivity index (χ4n) is 0.378. The van der Waals surface area contributed by atoms with Crippen LogP contribution < -0.4 is 0 Å². The Labute approximate surface area is 48.6 Å². The second kappa shape index (κ2) is 2.30. The standard InChI is InChI=1S/C5H5ClP/c6-7-4-2-1-3-5-7/h1-5H/q+1. The lowest BCUT2D eigenvalue weighted by atomic mass is 10.6. The van der Waals surface area contributed by atoms with Crippen molar-refractivity contribution in [2.45, 2.75) is 0 Å². The zero-order valence-corrected chi connectivity index (χ0v) is 5.36. The van der Waals surface area contributed by atoms with Crippen molar-refractivity contribution in [3.8, 4) is 0 Å². The van der Waals surface area contributed by atoms with Crippen LogP contribution in [0.15, 0.2) is 29.8 Å². The third-order valence-corrected chi connectivity index (χ3v) is 2.27. The molecule has 2 heteroatoms. The molecule has 0 aliphatic rings. The molecule has 0 nitrogen and oxygen atoms in total. The number of hydrogen-bond acceptors (Lipinski definition) is 0. The molecule has 0 aliphatic carbocycles. The van der Waals surface area contributed by atoms with Gasteiger partial charge in [0.25, 0.3) is 0 Å². The highest BCUT2D eigenvalue weighted by molar-refractivity contribution is 7.76. The van der Waals surface area contributed by atoms with Crippen molar-refractivity contribution in [1.82, 2.24) is 0 Å². The van der Waals surface area contributed by atoms with Gasteiger partial charge in [0, 0.05) is 0 Å². The van der Waals surface area contributed by atoms with Crippen LogP contribution in [0, 0.1) is 0 Å². The number of halogens is 1. The maximum atomic E-state index is 5.69. The summed E-state index contributed by atoms with van der Waals surface area (Å²) in [5.74, 6) is 3.99. The van der Waals surface area contributed by atoms with Crippen molar-refractivity contribution in [3.05, 3.63) is 29.8 Å². The average molecular weight is 132 g/mol. The maximum absolute atomic E-state index is 5.69. The van der Waals surface area contributed by atoms with Gasteiger partial charge in [0.1, 0.15) is 11.6 Å². The summed E-state index contributed by atoms with van der Waals surface area (Å²) in [6, 6.07) is 5.92. The third-order valence-electron chi connectivity index (χ3n) is 0.679. The van der Waals surface area contributed by atoms with Gasteiger partial charge in [0.05, 0.1) is 0 Å². The molecule has 0 aromatic carbocycles. The van der Waals surface area contributed by atoms with Crippen molar-refractivity contribution >= 4 is 18.1 Å². The zero-order chi connectivity index (χ0) is 5.11. The molecule has 1 aromatic rings. The highest BCUT2D eigenvalue weighted by Gasteiger charge is 1.90. The van der Waals surface area contributed by atoms with Gasteiger partial charge in [-0.15, -0.1) is 0 Å². The van der Waals surface area contributed by atoms with E-state index in [9.17, 15) is 0 Å². The molecule has 0 saturated carbocycles. The Bertz CT molecular complexity index is 138. The van der Waals surface area contributed by atoms with E-state index in [1.807, 2.05) is 29.8 Å². The van der Waals surface area contributed by atoms with Gasteiger partial charge in [-0.25, -0.2) is 0 Å². The molecule has 0 amide bonds. The van der Waals surface area contributed by atoms with Gasteiger partial charge in [0.15, 0.2) is 11.2 Å². The molecule has 1 aromatic heterocycles. The van der Waals surface area contributed by atoms with Crippen molar-refractivity contribution in [2.24, 2.45) is 0 Å². The average Bonchev–Trinajstić information content (AvgIpc) is 1.69. The van der Waals surface area contributed by atoms with Gasteiger partial charge < -0.3 is 0 Å². The van der Waals surface area contributed by atoms with Gasteiger partial charge >= 0.3 is 0 Å². The van der Waals surface area contributed by atoms with Crippen LogP contribution in [0.25, 0.3) is 0 Å². The molecule has 7 heavy (non-hydrogen) atoms. The molecule has 0 unspecified atom stereocenters. The zero-order valence-electron chi connectivity index (χ0n) is 3.71. The summed E-state index contributed by atoms with van der Waals surface area (Å²) in [4.78, 5) is 0. The van der Waals surface area contributed by atoms with Crippen LogP contribution in [0.2, 0.25) is 0 Å². The van der Waals surface area contributed by atoms with Crippen LogP contribution in [0.5, 0.6) is 0 Å². The summed E-state index contributed by atoms with van der Waals surface area (Å²) in [6.45, 7) is -0.412. The van der Waals surface area contributed by atoms with E-state index in [0.29, 0.717) is 0 Å². The molecule has 36 valence electrons. The summed E-state index contributed by atoms with van der Waals surface area (Å²) in [5.41, 5.74) is 0. The molecule has 0 bridgehead atoms. The lowest BCUT2D eigenvalue weighted by Crippen LogP contribution is -1.44. The van der Waals surface area contributed by atoms with E-state index in [-0.39, 0.29) is 0 Å². The van der Waals surface area contributed by atoms with Crippen molar-refractivity contribution < 1.29 is 0 Å². The monoisotopic (exact) mass is 131 g/mol. The van der Waals surface area contributed by atoms with E-state index in [1.165, 1.54) is 0 Å². The SMILES string of the molecule is Cl[p+]1ccccc1. The van der Waals surface area contributed by atoms with Gasteiger partial charge in [-0.2, -0.15) is 0 Å². The molecule has 0 radical (unpaired) electrons. The van der Waals surface area contributed by atoms with Crippen LogP contribution in [-0.2, 0) is 0 Å².